The first kappa shape index (κ1) is 16.3. The second-order valence-corrected chi connectivity index (χ2v) is 7.35. The van der Waals surface area contributed by atoms with Gasteiger partial charge in [0.25, 0.3) is 0 Å². The van der Waals surface area contributed by atoms with Crippen LogP contribution in [0.25, 0.3) is 10.9 Å². The number of nitrogens with zero attached hydrogens (tertiary/aromatic N) is 3. The van der Waals surface area contributed by atoms with E-state index in [9.17, 15) is 4.79 Å². The molecule has 3 heterocycles. The minimum atomic E-state index is 0.294. The molecule has 2 atom stereocenters. The number of aromatic nitrogens is 1. The zero-order valence-corrected chi connectivity index (χ0v) is 14.8. The SMILES string of the molecule is C[C@@H]1CCCN1C(=O)CN1CC[C@@H](Nc2ccc3ncccc3c2)C1. The minimum Gasteiger partial charge on any atom is -0.381 e. The number of carbonyl (C=O) groups is 1. The lowest BCUT2D eigenvalue weighted by molar-refractivity contribution is -0.132. The van der Waals surface area contributed by atoms with E-state index in [1.807, 2.05) is 12.3 Å². The van der Waals surface area contributed by atoms with Gasteiger partial charge in [0, 0.05) is 49.0 Å². The Bertz CT molecular complexity index is 762. The molecule has 2 aliphatic rings. The molecular weight excluding hydrogens is 312 g/mol. The number of anilines is 1. The molecule has 25 heavy (non-hydrogen) atoms. The lowest BCUT2D eigenvalue weighted by Crippen LogP contribution is -2.41. The number of hydrogen-bond acceptors (Lipinski definition) is 4. The Labute approximate surface area is 149 Å². The summed E-state index contributed by atoms with van der Waals surface area (Å²) < 4.78 is 0. The summed E-state index contributed by atoms with van der Waals surface area (Å²) in [7, 11) is 0. The molecule has 0 bridgehead atoms. The Hall–Kier alpha value is -2.14. The molecule has 132 valence electrons. The molecule has 5 heteroatoms. The van der Waals surface area contributed by atoms with Gasteiger partial charge >= 0.3 is 0 Å². The zero-order valence-electron chi connectivity index (χ0n) is 14.8. The number of rotatable bonds is 4. The van der Waals surface area contributed by atoms with Crippen LogP contribution in [0.5, 0.6) is 0 Å². The minimum absolute atomic E-state index is 0.294. The van der Waals surface area contributed by atoms with E-state index < -0.39 is 0 Å². The number of likely N-dealkylation sites (tertiary alicyclic amines) is 2. The number of fused-ring (bicyclic) bond motifs is 1. The Kier molecular flexibility index (Phi) is 4.57. The van der Waals surface area contributed by atoms with E-state index in [2.05, 4.69) is 51.3 Å². The predicted octanol–water partition coefficient (Wildman–Crippen LogP) is 2.73. The number of nitrogens with one attached hydrogen (secondary N) is 1. The fraction of sp³-hybridized carbons (Fsp3) is 0.500. The van der Waals surface area contributed by atoms with E-state index in [1.165, 1.54) is 0 Å². The van der Waals surface area contributed by atoms with Gasteiger partial charge in [0.1, 0.15) is 0 Å². The Morgan fingerprint density at radius 2 is 2.20 bits per heavy atom. The average Bonchev–Trinajstić information content (AvgIpc) is 3.23. The van der Waals surface area contributed by atoms with Crippen LogP contribution in [0.4, 0.5) is 5.69 Å². The third-order valence-electron chi connectivity index (χ3n) is 5.48. The molecule has 1 aromatic carbocycles. The molecule has 0 aliphatic carbocycles. The zero-order chi connectivity index (χ0) is 17.2. The third kappa shape index (κ3) is 3.61. The van der Waals surface area contributed by atoms with Crippen molar-refractivity contribution < 1.29 is 4.79 Å². The number of hydrogen-bond donors (Lipinski definition) is 1. The summed E-state index contributed by atoms with van der Waals surface area (Å²) >= 11 is 0. The van der Waals surface area contributed by atoms with E-state index >= 15 is 0 Å². The molecule has 2 saturated heterocycles. The summed E-state index contributed by atoms with van der Waals surface area (Å²) in [6.45, 7) is 5.57. The topological polar surface area (TPSA) is 48.5 Å². The largest absolute Gasteiger partial charge is 0.381 e. The molecule has 1 aromatic heterocycles. The Balaban J connectivity index is 1.33. The summed E-state index contributed by atoms with van der Waals surface area (Å²) in [6.07, 6.45) is 5.19. The quantitative estimate of drug-likeness (QED) is 0.931. The van der Waals surface area contributed by atoms with E-state index in [1.54, 1.807) is 0 Å². The monoisotopic (exact) mass is 338 g/mol. The fourth-order valence-electron chi connectivity index (χ4n) is 4.08. The van der Waals surface area contributed by atoms with E-state index in [4.69, 9.17) is 0 Å². The highest BCUT2D eigenvalue weighted by molar-refractivity contribution is 5.82. The van der Waals surface area contributed by atoms with Crippen LogP contribution in [0.1, 0.15) is 26.2 Å². The van der Waals surface area contributed by atoms with E-state index in [0.717, 1.165) is 55.5 Å². The normalized spacial score (nSPS) is 24.1. The van der Waals surface area contributed by atoms with Crippen LogP contribution in [0.3, 0.4) is 0 Å². The molecule has 0 spiro atoms. The van der Waals surface area contributed by atoms with Crippen molar-refractivity contribution >= 4 is 22.5 Å². The molecule has 2 aliphatic heterocycles. The van der Waals surface area contributed by atoms with Crippen LogP contribution in [0, 0.1) is 0 Å². The van der Waals surface area contributed by atoms with Gasteiger partial charge in [-0.25, -0.2) is 0 Å². The standard InChI is InChI=1S/C20H26N4O/c1-15-4-3-10-24(15)20(25)14-23-11-8-18(13-23)22-17-6-7-19-16(12-17)5-2-9-21-19/h2,5-7,9,12,15,18,22H,3-4,8,10-11,13-14H2,1H3/t15-,18-/m1/s1. The molecule has 1 amide bonds. The van der Waals surface area contributed by atoms with Gasteiger partial charge in [0.05, 0.1) is 12.1 Å². The van der Waals surface area contributed by atoms with Crippen molar-refractivity contribution in [3.8, 4) is 0 Å². The summed E-state index contributed by atoms with van der Waals surface area (Å²) in [6, 6.07) is 11.2. The lowest BCUT2D eigenvalue weighted by atomic mass is 10.2. The van der Waals surface area contributed by atoms with Crippen LogP contribution in [-0.4, -0.2) is 59.0 Å². The van der Waals surface area contributed by atoms with Crippen LogP contribution >= 0.6 is 0 Å². The summed E-state index contributed by atoms with van der Waals surface area (Å²) in [5.74, 6) is 0.294. The second-order valence-electron chi connectivity index (χ2n) is 7.35. The van der Waals surface area contributed by atoms with Crippen molar-refractivity contribution in [3.63, 3.8) is 0 Å². The second kappa shape index (κ2) is 7.00. The molecule has 0 radical (unpaired) electrons. The molecule has 0 saturated carbocycles. The van der Waals surface area contributed by atoms with Crippen LogP contribution in [0.15, 0.2) is 36.5 Å². The van der Waals surface area contributed by atoms with Gasteiger partial charge in [0.2, 0.25) is 5.91 Å². The van der Waals surface area contributed by atoms with Crippen LogP contribution < -0.4 is 5.32 Å². The Morgan fingerprint density at radius 3 is 3.04 bits per heavy atom. The molecule has 2 fully saturated rings. The van der Waals surface area contributed by atoms with Gasteiger partial charge in [0.15, 0.2) is 0 Å². The smallest absolute Gasteiger partial charge is 0.236 e. The maximum atomic E-state index is 12.5. The first-order valence-corrected chi connectivity index (χ1v) is 9.32. The molecular formula is C20H26N4O. The van der Waals surface area contributed by atoms with Crippen LogP contribution in [0.2, 0.25) is 0 Å². The van der Waals surface area contributed by atoms with Gasteiger partial charge in [-0.05, 0) is 50.5 Å². The van der Waals surface area contributed by atoms with Gasteiger partial charge in [-0.1, -0.05) is 6.07 Å². The highest BCUT2D eigenvalue weighted by Gasteiger charge is 2.29. The van der Waals surface area contributed by atoms with Gasteiger partial charge in [-0.2, -0.15) is 0 Å². The number of carbonyl (C=O) groups excluding carboxylic acids is 1. The van der Waals surface area contributed by atoms with Crippen LogP contribution in [-0.2, 0) is 4.79 Å². The van der Waals surface area contributed by atoms with Crippen molar-refractivity contribution in [1.82, 2.24) is 14.8 Å². The number of amides is 1. The molecule has 0 unspecified atom stereocenters. The van der Waals surface area contributed by atoms with Gasteiger partial charge in [-0.3, -0.25) is 14.7 Å². The third-order valence-corrected chi connectivity index (χ3v) is 5.48. The summed E-state index contributed by atoms with van der Waals surface area (Å²) in [5.41, 5.74) is 2.15. The molecule has 5 nitrogen and oxygen atoms in total. The maximum absolute atomic E-state index is 12.5. The van der Waals surface area contributed by atoms with Crippen molar-refractivity contribution in [2.24, 2.45) is 0 Å². The van der Waals surface area contributed by atoms with Crippen molar-refractivity contribution in [1.29, 1.82) is 0 Å². The lowest BCUT2D eigenvalue weighted by Gasteiger charge is -2.24. The van der Waals surface area contributed by atoms with E-state index in [-0.39, 0.29) is 0 Å². The van der Waals surface area contributed by atoms with Gasteiger partial charge < -0.3 is 10.2 Å². The first-order valence-electron chi connectivity index (χ1n) is 9.32. The Morgan fingerprint density at radius 1 is 1.28 bits per heavy atom. The van der Waals surface area contributed by atoms with E-state index in [0.29, 0.717) is 24.5 Å². The average molecular weight is 338 g/mol. The first-order chi connectivity index (χ1) is 12.2. The predicted molar refractivity (Wildman–Crippen MR) is 101 cm³/mol. The van der Waals surface area contributed by atoms with Crippen molar-refractivity contribution in [3.05, 3.63) is 36.5 Å². The fourth-order valence-corrected chi connectivity index (χ4v) is 4.08. The summed E-state index contributed by atoms with van der Waals surface area (Å²) in [4.78, 5) is 21.2. The highest BCUT2D eigenvalue weighted by atomic mass is 16.2. The molecule has 4 rings (SSSR count). The van der Waals surface area contributed by atoms with Crippen molar-refractivity contribution in [2.75, 3.05) is 31.5 Å². The number of benzene rings is 1. The molecule has 1 N–H and O–H groups in total. The highest BCUT2D eigenvalue weighted by Crippen LogP contribution is 2.21. The van der Waals surface area contributed by atoms with Gasteiger partial charge in [-0.15, -0.1) is 0 Å². The number of pyridine rings is 1. The summed E-state index contributed by atoms with van der Waals surface area (Å²) in [5, 5.41) is 4.77. The van der Waals surface area contributed by atoms with Crippen molar-refractivity contribution in [2.45, 2.75) is 38.3 Å². The maximum Gasteiger partial charge on any atom is 0.236 e. The molecule has 2 aromatic rings.